The molecule has 0 heterocycles. The number of sulfonamides is 1. The third-order valence-corrected chi connectivity index (χ3v) is 3.60. The second-order valence-electron chi connectivity index (χ2n) is 5.08. The van der Waals surface area contributed by atoms with Gasteiger partial charge in [0.2, 0.25) is 10.0 Å². The molecule has 1 rings (SSSR count). The molecule has 0 aliphatic carbocycles. The summed E-state index contributed by atoms with van der Waals surface area (Å²) in [7, 11) is -2.26. The molecule has 0 amide bonds. The molecule has 0 saturated heterocycles. The summed E-state index contributed by atoms with van der Waals surface area (Å²) in [6.45, 7) is 4.25. The Hall–Kier alpha value is -1.31. The number of anilines is 1. The van der Waals surface area contributed by atoms with Gasteiger partial charge >= 0.3 is 0 Å². The van der Waals surface area contributed by atoms with Crippen LogP contribution in [-0.4, -0.2) is 33.8 Å². The molecular weight excluding hydrogens is 268 g/mol. The number of nitrogens with two attached hydrogens (primary N) is 1. The van der Waals surface area contributed by atoms with Gasteiger partial charge in [-0.25, -0.2) is 13.6 Å². The van der Waals surface area contributed by atoms with Gasteiger partial charge in [-0.05, 0) is 18.2 Å². The molecule has 0 spiro atoms. The lowest BCUT2D eigenvalue weighted by atomic mass is 9.95. The van der Waals surface area contributed by atoms with E-state index in [2.05, 4.69) is 5.32 Å². The van der Waals surface area contributed by atoms with Crippen LogP contribution in [0.15, 0.2) is 23.1 Å². The minimum Gasteiger partial charge on any atom is -0.495 e. The fraction of sp³-hybridized carbons (Fsp3) is 0.500. The number of methoxy groups -OCH3 is 1. The third kappa shape index (κ3) is 4.38. The van der Waals surface area contributed by atoms with Gasteiger partial charge in [0.05, 0.1) is 17.7 Å². The molecule has 0 atom stereocenters. The van der Waals surface area contributed by atoms with Crippen LogP contribution < -0.4 is 15.2 Å². The van der Waals surface area contributed by atoms with Crippen LogP contribution in [0.25, 0.3) is 0 Å². The van der Waals surface area contributed by atoms with Gasteiger partial charge in [0.25, 0.3) is 0 Å². The highest BCUT2D eigenvalue weighted by Crippen LogP contribution is 2.28. The maximum Gasteiger partial charge on any atom is 0.238 e. The predicted molar refractivity (Wildman–Crippen MR) is 73.7 cm³/mol. The first-order chi connectivity index (χ1) is 8.69. The van der Waals surface area contributed by atoms with Crippen molar-refractivity contribution < 1.29 is 18.3 Å². The zero-order valence-corrected chi connectivity index (χ0v) is 12.1. The van der Waals surface area contributed by atoms with Crippen LogP contribution in [0.1, 0.15) is 13.8 Å². The minimum atomic E-state index is -3.75. The third-order valence-electron chi connectivity index (χ3n) is 2.68. The van der Waals surface area contributed by atoms with Crippen molar-refractivity contribution in [2.75, 3.05) is 25.6 Å². The first-order valence-corrected chi connectivity index (χ1v) is 7.30. The van der Waals surface area contributed by atoms with Crippen molar-refractivity contribution in [1.82, 2.24) is 0 Å². The molecule has 0 unspecified atom stereocenters. The van der Waals surface area contributed by atoms with Crippen molar-refractivity contribution in [3.05, 3.63) is 18.2 Å². The quantitative estimate of drug-likeness (QED) is 0.717. The van der Waals surface area contributed by atoms with Crippen molar-refractivity contribution in [3.8, 4) is 5.75 Å². The van der Waals surface area contributed by atoms with Crippen molar-refractivity contribution in [1.29, 1.82) is 0 Å². The number of aliphatic hydroxyl groups excluding tert-OH is 1. The van der Waals surface area contributed by atoms with E-state index in [0.717, 1.165) is 0 Å². The monoisotopic (exact) mass is 288 g/mol. The molecule has 0 aliphatic rings. The lowest BCUT2D eigenvalue weighted by Gasteiger charge is -2.23. The fourth-order valence-corrected chi connectivity index (χ4v) is 1.93. The van der Waals surface area contributed by atoms with E-state index in [4.69, 9.17) is 9.88 Å². The molecular formula is C12H20N2O4S. The van der Waals surface area contributed by atoms with Crippen LogP contribution >= 0.6 is 0 Å². The van der Waals surface area contributed by atoms with Crippen LogP contribution in [0.2, 0.25) is 0 Å². The zero-order chi connectivity index (χ0) is 14.7. The van der Waals surface area contributed by atoms with E-state index in [-0.39, 0.29) is 16.9 Å². The highest BCUT2D eigenvalue weighted by molar-refractivity contribution is 7.89. The zero-order valence-electron chi connectivity index (χ0n) is 11.3. The van der Waals surface area contributed by atoms with Crippen LogP contribution in [0.3, 0.4) is 0 Å². The SMILES string of the molecule is COc1ccc(S(N)(=O)=O)cc1NCC(C)(C)CO. The van der Waals surface area contributed by atoms with Crippen LogP contribution in [0, 0.1) is 5.41 Å². The Kier molecular flexibility index (Phi) is 4.78. The summed E-state index contributed by atoms with van der Waals surface area (Å²) in [4.78, 5) is 0.0117. The van der Waals surface area contributed by atoms with Gasteiger partial charge in [0.1, 0.15) is 5.75 Å². The normalized spacial score (nSPS) is 12.3. The number of rotatable bonds is 6. The fourth-order valence-electron chi connectivity index (χ4n) is 1.39. The van der Waals surface area contributed by atoms with E-state index in [1.54, 1.807) is 0 Å². The van der Waals surface area contributed by atoms with Crippen LogP contribution in [0.5, 0.6) is 5.75 Å². The Morgan fingerprint density at radius 3 is 2.53 bits per heavy atom. The lowest BCUT2D eigenvalue weighted by Crippen LogP contribution is -2.27. The summed E-state index contributed by atoms with van der Waals surface area (Å²) >= 11 is 0. The molecule has 108 valence electrons. The van der Waals surface area contributed by atoms with E-state index in [1.165, 1.54) is 25.3 Å². The summed E-state index contributed by atoms with van der Waals surface area (Å²) in [6, 6.07) is 4.34. The molecule has 0 saturated carbocycles. The maximum atomic E-state index is 11.3. The van der Waals surface area contributed by atoms with Gasteiger partial charge in [-0.1, -0.05) is 13.8 Å². The first kappa shape index (κ1) is 15.7. The molecule has 0 radical (unpaired) electrons. The smallest absolute Gasteiger partial charge is 0.238 e. The van der Waals surface area contributed by atoms with Gasteiger partial charge in [0.15, 0.2) is 0 Å². The van der Waals surface area contributed by atoms with E-state index < -0.39 is 10.0 Å². The van der Waals surface area contributed by atoms with E-state index in [9.17, 15) is 13.5 Å². The summed E-state index contributed by atoms with van der Waals surface area (Å²) in [5.74, 6) is 0.515. The highest BCUT2D eigenvalue weighted by Gasteiger charge is 2.18. The molecule has 1 aromatic carbocycles. The average molecular weight is 288 g/mol. The Bertz CT molecular complexity index is 541. The van der Waals surface area contributed by atoms with Crippen LogP contribution in [0.4, 0.5) is 5.69 Å². The van der Waals surface area contributed by atoms with Gasteiger partial charge < -0.3 is 15.2 Å². The van der Waals surface area contributed by atoms with Crippen molar-refractivity contribution in [2.24, 2.45) is 10.6 Å². The molecule has 1 aromatic rings. The van der Waals surface area contributed by atoms with E-state index in [1.807, 2.05) is 13.8 Å². The topological polar surface area (TPSA) is 102 Å². The van der Waals surface area contributed by atoms with Crippen molar-refractivity contribution in [3.63, 3.8) is 0 Å². The number of ether oxygens (including phenoxy) is 1. The lowest BCUT2D eigenvalue weighted by molar-refractivity contribution is 0.170. The van der Waals surface area contributed by atoms with E-state index >= 15 is 0 Å². The Balaban J connectivity index is 3.04. The number of nitrogens with one attached hydrogen (secondary N) is 1. The Morgan fingerprint density at radius 2 is 2.05 bits per heavy atom. The maximum absolute atomic E-state index is 11.3. The average Bonchev–Trinajstić information content (AvgIpc) is 2.35. The number of primary sulfonamides is 1. The second kappa shape index (κ2) is 5.77. The number of benzene rings is 1. The van der Waals surface area contributed by atoms with Gasteiger partial charge in [-0.3, -0.25) is 0 Å². The van der Waals surface area contributed by atoms with Crippen molar-refractivity contribution >= 4 is 15.7 Å². The molecule has 0 fully saturated rings. The minimum absolute atomic E-state index is 0.0111. The molecule has 0 aromatic heterocycles. The molecule has 19 heavy (non-hydrogen) atoms. The standard InChI is InChI=1S/C12H20N2O4S/c1-12(2,8-15)7-14-10-6-9(19(13,16)17)4-5-11(10)18-3/h4-6,14-15H,7-8H2,1-3H3,(H2,13,16,17). The molecule has 0 bridgehead atoms. The Labute approximate surface area is 113 Å². The van der Waals surface area contributed by atoms with Gasteiger partial charge in [0, 0.05) is 18.6 Å². The van der Waals surface area contributed by atoms with Crippen LogP contribution in [-0.2, 0) is 10.0 Å². The Morgan fingerprint density at radius 1 is 1.42 bits per heavy atom. The second-order valence-corrected chi connectivity index (χ2v) is 6.64. The molecule has 6 nitrogen and oxygen atoms in total. The van der Waals surface area contributed by atoms with Gasteiger partial charge in [-0.2, -0.15) is 0 Å². The highest BCUT2D eigenvalue weighted by atomic mass is 32.2. The predicted octanol–water partition coefficient (Wildman–Crippen LogP) is 0.773. The van der Waals surface area contributed by atoms with E-state index in [0.29, 0.717) is 18.0 Å². The molecule has 7 heteroatoms. The number of hydrogen-bond donors (Lipinski definition) is 3. The largest absolute Gasteiger partial charge is 0.495 e. The number of hydrogen-bond acceptors (Lipinski definition) is 5. The summed E-state index contributed by atoms with van der Waals surface area (Å²) in [5.41, 5.74) is 0.193. The van der Waals surface area contributed by atoms with Crippen molar-refractivity contribution in [2.45, 2.75) is 18.7 Å². The summed E-state index contributed by atoms with van der Waals surface area (Å²) in [6.07, 6.45) is 0. The molecule has 0 aliphatic heterocycles. The van der Waals surface area contributed by atoms with Gasteiger partial charge in [-0.15, -0.1) is 0 Å². The summed E-state index contributed by atoms with van der Waals surface area (Å²) in [5, 5.41) is 17.3. The first-order valence-electron chi connectivity index (χ1n) is 5.75. The molecule has 4 N–H and O–H groups in total. The number of aliphatic hydroxyl groups is 1. The summed E-state index contributed by atoms with van der Waals surface area (Å²) < 4.78 is 27.8.